The largest absolute Gasteiger partial charge is 0.497 e. The number of hydrogen-bond acceptors (Lipinski definition) is 4. The molecule has 2 saturated carbocycles. The predicted molar refractivity (Wildman–Crippen MR) is 81.8 cm³/mol. The molecule has 2 N–H and O–H groups in total. The van der Waals surface area contributed by atoms with Gasteiger partial charge < -0.3 is 19.9 Å². The normalized spacial score (nSPS) is 20.5. The highest BCUT2D eigenvalue weighted by atomic mass is 16.5. The molecule has 0 radical (unpaired) electrons. The minimum Gasteiger partial charge on any atom is -0.497 e. The molecule has 0 spiro atoms. The summed E-state index contributed by atoms with van der Waals surface area (Å²) in [5, 5.41) is 13.9. The fourth-order valence-electron chi connectivity index (χ4n) is 2.87. The zero-order valence-electron chi connectivity index (χ0n) is 12.7. The van der Waals surface area contributed by atoms with Gasteiger partial charge in [0.05, 0.1) is 12.7 Å². The summed E-state index contributed by atoms with van der Waals surface area (Å²) in [7, 11) is 1.66. The van der Waals surface area contributed by atoms with Gasteiger partial charge in [0.2, 0.25) is 0 Å². The molecule has 2 aliphatic carbocycles. The van der Waals surface area contributed by atoms with E-state index in [2.05, 4.69) is 5.32 Å². The zero-order valence-corrected chi connectivity index (χ0v) is 12.7. The second kappa shape index (κ2) is 6.24. The highest BCUT2D eigenvalue weighted by molar-refractivity contribution is 5.41. The molecule has 0 atom stereocenters. The molecule has 0 aromatic heterocycles. The molecule has 4 nitrogen and oxygen atoms in total. The van der Waals surface area contributed by atoms with Crippen LogP contribution in [0.1, 0.15) is 44.1 Å². The van der Waals surface area contributed by atoms with Gasteiger partial charge in [-0.2, -0.15) is 0 Å². The van der Waals surface area contributed by atoms with E-state index < -0.39 is 5.60 Å². The Morgan fingerprint density at radius 2 is 2.05 bits per heavy atom. The van der Waals surface area contributed by atoms with Crippen LogP contribution in [0, 0.1) is 0 Å². The van der Waals surface area contributed by atoms with E-state index in [1.165, 1.54) is 12.8 Å². The molecule has 1 aromatic carbocycles. The molecule has 0 amide bonds. The molecule has 0 saturated heterocycles. The topological polar surface area (TPSA) is 50.7 Å². The maximum absolute atomic E-state index is 10.4. The van der Waals surface area contributed by atoms with Gasteiger partial charge in [0.1, 0.15) is 18.1 Å². The summed E-state index contributed by atoms with van der Waals surface area (Å²) in [4.78, 5) is 0. The molecule has 4 heteroatoms. The van der Waals surface area contributed by atoms with Gasteiger partial charge in [0, 0.05) is 24.2 Å². The molecule has 1 aromatic rings. The Morgan fingerprint density at radius 1 is 1.29 bits per heavy atom. The van der Waals surface area contributed by atoms with Crippen LogP contribution in [0.4, 0.5) is 0 Å². The van der Waals surface area contributed by atoms with Crippen LogP contribution in [0.3, 0.4) is 0 Å². The van der Waals surface area contributed by atoms with Crippen LogP contribution in [-0.2, 0) is 6.54 Å². The van der Waals surface area contributed by atoms with Crippen molar-refractivity contribution in [3.05, 3.63) is 23.8 Å². The van der Waals surface area contributed by atoms with Crippen LogP contribution in [0.25, 0.3) is 0 Å². The van der Waals surface area contributed by atoms with Crippen molar-refractivity contribution in [2.24, 2.45) is 0 Å². The maximum atomic E-state index is 10.4. The lowest BCUT2D eigenvalue weighted by Crippen LogP contribution is -2.32. The lowest BCUT2D eigenvalue weighted by Gasteiger charge is -2.23. The van der Waals surface area contributed by atoms with Gasteiger partial charge in [-0.3, -0.25) is 0 Å². The van der Waals surface area contributed by atoms with Gasteiger partial charge in [-0.25, -0.2) is 0 Å². The number of ether oxygens (including phenoxy) is 2. The van der Waals surface area contributed by atoms with Crippen molar-refractivity contribution in [2.45, 2.75) is 56.7 Å². The van der Waals surface area contributed by atoms with Crippen LogP contribution in [0.5, 0.6) is 11.5 Å². The summed E-state index contributed by atoms with van der Waals surface area (Å²) in [5.74, 6) is 1.61. The second-order valence-electron chi connectivity index (χ2n) is 6.35. The van der Waals surface area contributed by atoms with Gasteiger partial charge in [0.15, 0.2) is 0 Å². The summed E-state index contributed by atoms with van der Waals surface area (Å²) in [6.45, 7) is 1.18. The molecule has 0 heterocycles. The number of benzene rings is 1. The lowest BCUT2D eigenvalue weighted by atomic mass is 10.0. The first-order chi connectivity index (χ1) is 10.2. The van der Waals surface area contributed by atoms with Crippen molar-refractivity contribution in [1.82, 2.24) is 5.32 Å². The molecular weight excluding hydrogens is 266 g/mol. The molecule has 116 valence electrons. The van der Waals surface area contributed by atoms with Gasteiger partial charge >= 0.3 is 0 Å². The summed E-state index contributed by atoms with van der Waals surface area (Å²) in [6.07, 6.45) is 6.40. The van der Waals surface area contributed by atoms with Crippen molar-refractivity contribution >= 4 is 0 Å². The summed E-state index contributed by atoms with van der Waals surface area (Å²) in [5.41, 5.74) is 0.480. The molecule has 0 aliphatic heterocycles. The fraction of sp³-hybridized carbons (Fsp3) is 0.647. The number of methoxy groups -OCH3 is 1. The van der Waals surface area contributed by atoms with Gasteiger partial charge in [-0.05, 0) is 31.7 Å². The first kappa shape index (κ1) is 14.7. The van der Waals surface area contributed by atoms with Crippen LogP contribution in [0.15, 0.2) is 18.2 Å². The summed E-state index contributed by atoms with van der Waals surface area (Å²) in [6, 6.07) is 6.59. The van der Waals surface area contributed by atoms with E-state index in [4.69, 9.17) is 9.47 Å². The van der Waals surface area contributed by atoms with E-state index in [1.54, 1.807) is 7.11 Å². The average molecular weight is 291 g/mol. The average Bonchev–Trinajstić information content (AvgIpc) is 3.24. The smallest absolute Gasteiger partial charge is 0.127 e. The van der Waals surface area contributed by atoms with Crippen LogP contribution >= 0.6 is 0 Å². The van der Waals surface area contributed by atoms with Gasteiger partial charge in [-0.1, -0.05) is 18.9 Å². The summed E-state index contributed by atoms with van der Waals surface area (Å²) < 4.78 is 11.2. The highest BCUT2D eigenvalue weighted by Crippen LogP contribution is 2.32. The van der Waals surface area contributed by atoms with E-state index in [-0.39, 0.29) is 0 Å². The van der Waals surface area contributed by atoms with E-state index in [9.17, 15) is 5.11 Å². The fourth-order valence-corrected chi connectivity index (χ4v) is 2.87. The van der Waals surface area contributed by atoms with Crippen molar-refractivity contribution < 1.29 is 14.6 Å². The van der Waals surface area contributed by atoms with E-state index in [0.29, 0.717) is 12.6 Å². The monoisotopic (exact) mass is 291 g/mol. The van der Waals surface area contributed by atoms with Gasteiger partial charge in [-0.15, -0.1) is 0 Å². The zero-order chi connectivity index (χ0) is 14.7. The Balaban J connectivity index is 1.67. The molecular formula is C17H25NO3. The first-order valence-corrected chi connectivity index (χ1v) is 7.94. The number of hydrogen-bond donors (Lipinski definition) is 2. The molecule has 0 unspecified atom stereocenters. The SMILES string of the molecule is COc1ccc(CNC2CC2)c(OCC2(O)CCCC2)c1. The standard InChI is InChI=1S/C17H25NO3/c1-20-15-7-4-13(11-18-14-5-6-14)16(10-15)21-12-17(19)8-2-3-9-17/h4,7,10,14,18-19H,2-3,5-6,8-9,11-12H2,1H3. The third-order valence-corrected chi connectivity index (χ3v) is 4.46. The maximum Gasteiger partial charge on any atom is 0.127 e. The lowest BCUT2D eigenvalue weighted by molar-refractivity contribution is 0.00105. The van der Waals surface area contributed by atoms with Crippen molar-refractivity contribution in [3.8, 4) is 11.5 Å². The highest BCUT2D eigenvalue weighted by Gasteiger charge is 2.32. The summed E-state index contributed by atoms with van der Waals surface area (Å²) >= 11 is 0. The minimum atomic E-state index is -0.649. The minimum absolute atomic E-state index is 0.372. The molecule has 3 rings (SSSR count). The van der Waals surface area contributed by atoms with Crippen LogP contribution in [-0.4, -0.2) is 30.5 Å². The Labute approximate surface area is 126 Å². The molecule has 2 aliphatic rings. The van der Waals surface area contributed by atoms with E-state index in [0.717, 1.165) is 49.3 Å². The molecule has 0 bridgehead atoms. The first-order valence-electron chi connectivity index (χ1n) is 7.94. The second-order valence-corrected chi connectivity index (χ2v) is 6.35. The van der Waals surface area contributed by atoms with Crippen molar-refractivity contribution in [2.75, 3.05) is 13.7 Å². The van der Waals surface area contributed by atoms with E-state index >= 15 is 0 Å². The molecule has 21 heavy (non-hydrogen) atoms. The third kappa shape index (κ3) is 3.89. The molecule has 2 fully saturated rings. The third-order valence-electron chi connectivity index (χ3n) is 4.46. The van der Waals surface area contributed by atoms with Crippen LogP contribution in [0.2, 0.25) is 0 Å². The predicted octanol–water partition coefficient (Wildman–Crippen LogP) is 2.63. The van der Waals surface area contributed by atoms with E-state index in [1.807, 2.05) is 18.2 Å². The number of rotatable bonds is 7. The van der Waals surface area contributed by atoms with Crippen LogP contribution < -0.4 is 14.8 Å². The number of nitrogens with one attached hydrogen (secondary N) is 1. The van der Waals surface area contributed by atoms with Crippen molar-refractivity contribution in [1.29, 1.82) is 0 Å². The Morgan fingerprint density at radius 3 is 2.71 bits per heavy atom. The quantitative estimate of drug-likeness (QED) is 0.811. The number of aliphatic hydroxyl groups is 1. The Kier molecular flexibility index (Phi) is 4.36. The Bertz CT molecular complexity index is 479. The van der Waals surface area contributed by atoms with Crippen molar-refractivity contribution in [3.63, 3.8) is 0 Å². The van der Waals surface area contributed by atoms with Gasteiger partial charge in [0.25, 0.3) is 0 Å². The Hall–Kier alpha value is -1.26.